The molecule has 0 aliphatic heterocycles. The van der Waals surface area contributed by atoms with Gasteiger partial charge >= 0.3 is 0 Å². The maximum absolute atomic E-state index is 12.1. The number of carbonyl (C=O) groups is 1. The Labute approximate surface area is 176 Å². The molecule has 1 fully saturated rings. The van der Waals surface area contributed by atoms with Gasteiger partial charge in [0.25, 0.3) is 5.91 Å². The third-order valence-corrected chi connectivity index (χ3v) is 6.52. The highest BCUT2D eigenvalue weighted by Crippen LogP contribution is 2.45. The van der Waals surface area contributed by atoms with Gasteiger partial charge in [0.1, 0.15) is 0 Å². The van der Waals surface area contributed by atoms with Gasteiger partial charge in [-0.25, -0.2) is 4.98 Å². The molecule has 0 spiro atoms. The van der Waals surface area contributed by atoms with Gasteiger partial charge in [0.2, 0.25) is 5.88 Å². The third-order valence-electron chi connectivity index (χ3n) is 6.52. The summed E-state index contributed by atoms with van der Waals surface area (Å²) in [5, 5.41) is 11.2. The number of nitrogens with one attached hydrogen (secondary N) is 3. The molecule has 1 unspecified atom stereocenters. The predicted octanol–water partition coefficient (Wildman–Crippen LogP) is 2.43. The fraction of sp³-hybridized carbons (Fsp3) is 0.409. The first-order valence-electron chi connectivity index (χ1n) is 9.90. The minimum Gasteiger partial charge on any atom is -0.481 e. The molecule has 2 atom stereocenters. The molecule has 2 aromatic heterocycles. The summed E-state index contributed by atoms with van der Waals surface area (Å²) in [6.45, 7) is 6.28. The first-order chi connectivity index (χ1) is 14.1. The largest absolute Gasteiger partial charge is 0.481 e. The van der Waals surface area contributed by atoms with Crippen molar-refractivity contribution in [2.75, 3.05) is 7.11 Å². The Hall–Kier alpha value is -3.13. The van der Waals surface area contributed by atoms with E-state index in [1.54, 1.807) is 19.4 Å². The van der Waals surface area contributed by atoms with Crippen molar-refractivity contribution in [1.82, 2.24) is 15.3 Å². The second-order valence-electron chi connectivity index (χ2n) is 8.56. The van der Waals surface area contributed by atoms with Crippen LogP contribution >= 0.6 is 0 Å². The number of hydrogen-bond acceptors (Lipinski definition) is 6. The van der Waals surface area contributed by atoms with Gasteiger partial charge in [-0.05, 0) is 31.9 Å². The van der Waals surface area contributed by atoms with Crippen LogP contribution in [0.15, 0.2) is 36.2 Å². The normalized spacial score (nSPS) is 23.6. The maximum atomic E-state index is 12.1. The Morgan fingerprint density at radius 2 is 2.10 bits per heavy atom. The zero-order chi connectivity index (χ0) is 22.1. The Balaban J connectivity index is 1.99. The molecule has 0 bridgehead atoms. The van der Waals surface area contributed by atoms with Gasteiger partial charge in [-0.1, -0.05) is 13.8 Å². The third kappa shape index (κ3) is 3.82. The summed E-state index contributed by atoms with van der Waals surface area (Å²) in [5.41, 5.74) is 14.6. The number of aromatic amines is 1. The lowest BCUT2D eigenvalue weighted by Gasteiger charge is -2.39. The molecule has 0 radical (unpaired) electrons. The van der Waals surface area contributed by atoms with Crippen molar-refractivity contribution in [3.8, 4) is 17.0 Å². The summed E-state index contributed by atoms with van der Waals surface area (Å²) >= 11 is 0. The number of aromatic nitrogens is 2. The van der Waals surface area contributed by atoms with Crippen molar-refractivity contribution in [2.45, 2.75) is 45.2 Å². The summed E-state index contributed by atoms with van der Waals surface area (Å²) in [5.74, 6) is -0.133. The molecule has 1 saturated carbocycles. The zero-order valence-electron chi connectivity index (χ0n) is 17.9. The first kappa shape index (κ1) is 21.6. The van der Waals surface area contributed by atoms with Gasteiger partial charge in [0.15, 0.2) is 0 Å². The zero-order valence-corrected chi connectivity index (χ0v) is 17.9. The lowest BCUT2D eigenvalue weighted by molar-refractivity contribution is -0.114. The van der Waals surface area contributed by atoms with E-state index in [-0.39, 0.29) is 22.6 Å². The number of nitrogens with two attached hydrogens (primary N) is 2. The molecule has 8 nitrogen and oxygen atoms in total. The smallest absolute Gasteiger partial charge is 0.252 e. The maximum Gasteiger partial charge on any atom is 0.252 e. The number of pyridine rings is 1. The number of methoxy groups -OCH3 is 1. The van der Waals surface area contributed by atoms with Crippen LogP contribution in [0.4, 0.5) is 0 Å². The van der Waals surface area contributed by atoms with Crippen molar-refractivity contribution < 1.29 is 9.53 Å². The molecule has 0 saturated heterocycles. The standard InChI is InChI=1S/C22H30N6O2/c1-21(2)17(7-8-22(21,3)25)28-19(15(10-23)20(24)29)16-9-14(12-26-16)13-5-6-18(30-4)27-11-13/h5-6,9-12,17,23,26,28H,7-8,25H2,1-4H3,(H2,24,29)/b19-15-,23-10?/t17?,22-/m1/s1. The Morgan fingerprint density at radius 3 is 2.60 bits per heavy atom. The van der Waals surface area contributed by atoms with Crippen molar-refractivity contribution in [2.24, 2.45) is 16.9 Å². The van der Waals surface area contributed by atoms with Crippen molar-refractivity contribution in [1.29, 1.82) is 5.41 Å². The molecule has 1 aliphatic rings. The molecule has 1 amide bonds. The van der Waals surface area contributed by atoms with Crippen LogP contribution in [0.1, 0.15) is 39.3 Å². The molecular weight excluding hydrogens is 380 g/mol. The summed E-state index contributed by atoms with van der Waals surface area (Å²) in [6.07, 6.45) is 6.24. The van der Waals surface area contributed by atoms with Crippen molar-refractivity contribution in [3.05, 3.63) is 41.9 Å². The lowest BCUT2D eigenvalue weighted by atomic mass is 9.74. The number of primary amides is 1. The van der Waals surface area contributed by atoms with E-state index in [9.17, 15) is 4.79 Å². The predicted molar refractivity (Wildman–Crippen MR) is 118 cm³/mol. The number of ether oxygens (including phenoxy) is 1. The second kappa shape index (κ2) is 7.95. The average molecular weight is 411 g/mol. The molecule has 2 aromatic rings. The molecular formula is C22H30N6O2. The quantitative estimate of drug-likeness (QED) is 0.352. The molecule has 2 heterocycles. The molecule has 3 rings (SSSR count). The number of carbonyl (C=O) groups excluding carboxylic acids is 1. The number of rotatable bonds is 7. The van der Waals surface area contributed by atoms with Crippen LogP contribution in [0.25, 0.3) is 16.8 Å². The van der Waals surface area contributed by atoms with Crippen LogP contribution in [0.3, 0.4) is 0 Å². The molecule has 7 N–H and O–H groups in total. The summed E-state index contributed by atoms with van der Waals surface area (Å²) in [6, 6.07) is 5.61. The van der Waals surface area contributed by atoms with Crippen LogP contribution in [0.5, 0.6) is 5.88 Å². The number of H-pyrrole nitrogens is 1. The van der Waals surface area contributed by atoms with E-state index in [1.807, 2.05) is 25.3 Å². The highest BCUT2D eigenvalue weighted by atomic mass is 16.5. The topological polar surface area (TPSA) is 143 Å². The van der Waals surface area contributed by atoms with E-state index in [2.05, 4.69) is 29.1 Å². The minimum absolute atomic E-state index is 0.0196. The van der Waals surface area contributed by atoms with Gasteiger partial charge < -0.3 is 31.9 Å². The molecule has 160 valence electrons. The summed E-state index contributed by atoms with van der Waals surface area (Å²) < 4.78 is 5.11. The van der Waals surface area contributed by atoms with Crippen LogP contribution in [-0.2, 0) is 4.79 Å². The lowest BCUT2D eigenvalue weighted by Crippen LogP contribution is -2.53. The fourth-order valence-corrected chi connectivity index (χ4v) is 3.90. The van der Waals surface area contributed by atoms with Gasteiger partial charge in [-0.2, -0.15) is 0 Å². The van der Waals surface area contributed by atoms with E-state index >= 15 is 0 Å². The van der Waals surface area contributed by atoms with Crippen LogP contribution in [0, 0.1) is 10.8 Å². The molecule has 0 aromatic carbocycles. The monoisotopic (exact) mass is 410 g/mol. The van der Waals surface area contributed by atoms with Gasteiger partial charge in [0.05, 0.1) is 24.1 Å². The SMILES string of the molecule is COc1ccc(-c2c[nH]c(/C(NC3CC[C@@](C)(N)C3(C)C)=C(\C=N)C(N)=O)c2)cn1. The molecule has 1 aliphatic carbocycles. The number of amides is 1. The van der Waals surface area contributed by atoms with E-state index in [0.29, 0.717) is 17.3 Å². The first-order valence-corrected chi connectivity index (χ1v) is 9.90. The van der Waals surface area contributed by atoms with Crippen LogP contribution in [-0.4, -0.2) is 40.8 Å². The van der Waals surface area contributed by atoms with Crippen LogP contribution < -0.4 is 21.5 Å². The second-order valence-corrected chi connectivity index (χ2v) is 8.56. The van der Waals surface area contributed by atoms with Crippen molar-refractivity contribution in [3.63, 3.8) is 0 Å². The summed E-state index contributed by atoms with van der Waals surface area (Å²) in [7, 11) is 1.57. The Kier molecular flexibility index (Phi) is 5.72. The van der Waals surface area contributed by atoms with E-state index in [4.69, 9.17) is 21.6 Å². The molecule has 30 heavy (non-hydrogen) atoms. The summed E-state index contributed by atoms with van der Waals surface area (Å²) in [4.78, 5) is 19.5. The number of hydrogen-bond donors (Lipinski definition) is 5. The van der Waals surface area contributed by atoms with Gasteiger partial charge in [-0.3, -0.25) is 4.79 Å². The molecule has 8 heteroatoms. The van der Waals surface area contributed by atoms with Crippen LogP contribution in [0.2, 0.25) is 0 Å². The van der Waals surface area contributed by atoms with Gasteiger partial charge in [0, 0.05) is 52.8 Å². The highest BCUT2D eigenvalue weighted by molar-refractivity contribution is 6.16. The van der Waals surface area contributed by atoms with Crippen molar-refractivity contribution >= 4 is 17.8 Å². The minimum atomic E-state index is -0.666. The fourth-order valence-electron chi connectivity index (χ4n) is 3.90. The highest BCUT2D eigenvalue weighted by Gasteiger charge is 2.49. The van der Waals surface area contributed by atoms with E-state index in [1.165, 1.54) is 0 Å². The van der Waals surface area contributed by atoms with Gasteiger partial charge in [-0.15, -0.1) is 0 Å². The van der Waals surface area contributed by atoms with E-state index < -0.39 is 5.91 Å². The van der Waals surface area contributed by atoms with E-state index in [0.717, 1.165) is 30.2 Å². The number of nitrogens with zero attached hydrogens (tertiary/aromatic N) is 1. The average Bonchev–Trinajstić information content (AvgIpc) is 3.26. The Bertz CT molecular complexity index is 972. The Morgan fingerprint density at radius 1 is 1.37 bits per heavy atom.